The molecule has 78 valence electrons. The fourth-order valence-electron chi connectivity index (χ4n) is 0.742. The van der Waals surface area contributed by atoms with E-state index in [1.165, 1.54) is 18.7 Å². The van der Waals surface area contributed by atoms with Gasteiger partial charge in [-0.1, -0.05) is 5.16 Å². The first-order valence-corrected chi connectivity index (χ1v) is 4.20. The van der Waals surface area contributed by atoms with Crippen LogP contribution in [0.3, 0.4) is 0 Å². The Labute approximate surface area is 83.8 Å². The standard InChI is InChI=1S/C9H16N4O/c1-3-13-14-5-4-9(12-7-11)8(2)6-10/h3-7,9H,10H2,1-2H3,(H2,11,12)/b5-4+,8-6+,13-3+. The van der Waals surface area contributed by atoms with Crippen LogP contribution in [-0.4, -0.2) is 18.6 Å². The Morgan fingerprint density at radius 3 is 2.86 bits per heavy atom. The van der Waals surface area contributed by atoms with Crippen molar-refractivity contribution < 1.29 is 4.84 Å². The lowest BCUT2D eigenvalue weighted by Crippen LogP contribution is -2.27. The van der Waals surface area contributed by atoms with E-state index < -0.39 is 0 Å². The van der Waals surface area contributed by atoms with Gasteiger partial charge in [-0.3, -0.25) is 5.41 Å². The topological polar surface area (TPSA) is 83.5 Å². The molecule has 0 bridgehead atoms. The Bertz CT molecular complexity index is 245. The molecule has 0 aliphatic rings. The van der Waals surface area contributed by atoms with Crippen LogP contribution < -0.4 is 11.1 Å². The lowest BCUT2D eigenvalue weighted by molar-refractivity contribution is 0.268. The lowest BCUT2D eigenvalue weighted by atomic mass is 10.1. The van der Waals surface area contributed by atoms with Crippen molar-refractivity contribution in [2.24, 2.45) is 10.9 Å². The van der Waals surface area contributed by atoms with Gasteiger partial charge < -0.3 is 15.9 Å². The second-order valence-corrected chi connectivity index (χ2v) is 2.50. The Balaban J connectivity index is 4.21. The molecular formula is C9H16N4O. The van der Waals surface area contributed by atoms with Crippen LogP contribution in [0.2, 0.25) is 0 Å². The van der Waals surface area contributed by atoms with Crippen molar-refractivity contribution in [3.63, 3.8) is 0 Å². The molecular weight excluding hydrogens is 180 g/mol. The number of rotatable bonds is 6. The third-order valence-electron chi connectivity index (χ3n) is 1.51. The molecule has 0 spiro atoms. The maximum Gasteiger partial charge on any atom is 0.120 e. The summed E-state index contributed by atoms with van der Waals surface area (Å²) in [7, 11) is 0. The van der Waals surface area contributed by atoms with Gasteiger partial charge in [0.25, 0.3) is 0 Å². The highest BCUT2D eigenvalue weighted by Crippen LogP contribution is 2.00. The number of nitrogens with two attached hydrogens (primary N) is 1. The molecule has 0 aliphatic heterocycles. The summed E-state index contributed by atoms with van der Waals surface area (Å²) in [4.78, 5) is 4.76. The zero-order valence-electron chi connectivity index (χ0n) is 8.40. The quantitative estimate of drug-likeness (QED) is 0.256. The Hall–Kier alpha value is -1.78. The first-order chi connectivity index (χ1) is 6.76. The SMILES string of the molecule is C/C=N/O/C=C/C(NC=N)/C(C)=C/N. The van der Waals surface area contributed by atoms with Gasteiger partial charge in [0.15, 0.2) is 0 Å². The van der Waals surface area contributed by atoms with Crippen LogP contribution >= 0.6 is 0 Å². The Morgan fingerprint density at radius 1 is 1.64 bits per heavy atom. The smallest absolute Gasteiger partial charge is 0.120 e. The molecule has 1 atom stereocenters. The predicted molar refractivity (Wildman–Crippen MR) is 58.0 cm³/mol. The van der Waals surface area contributed by atoms with Gasteiger partial charge in [-0.2, -0.15) is 0 Å². The van der Waals surface area contributed by atoms with E-state index >= 15 is 0 Å². The zero-order chi connectivity index (χ0) is 10.8. The van der Waals surface area contributed by atoms with E-state index in [9.17, 15) is 0 Å². The average Bonchev–Trinajstić information content (AvgIpc) is 2.21. The summed E-state index contributed by atoms with van der Waals surface area (Å²) >= 11 is 0. The van der Waals surface area contributed by atoms with Crippen LogP contribution in [0.15, 0.2) is 29.3 Å². The molecule has 1 unspecified atom stereocenters. The van der Waals surface area contributed by atoms with Crippen LogP contribution in [0.5, 0.6) is 0 Å². The van der Waals surface area contributed by atoms with Crippen molar-refractivity contribution in [2.45, 2.75) is 19.9 Å². The van der Waals surface area contributed by atoms with E-state index in [1.54, 1.807) is 13.0 Å². The molecule has 0 radical (unpaired) electrons. The summed E-state index contributed by atoms with van der Waals surface area (Å²) in [5.41, 5.74) is 6.25. The molecule has 0 aliphatic carbocycles. The highest BCUT2D eigenvalue weighted by Gasteiger charge is 2.03. The molecule has 0 rings (SSSR count). The summed E-state index contributed by atoms with van der Waals surface area (Å²) in [6, 6.07) is -0.135. The molecule has 0 aromatic carbocycles. The van der Waals surface area contributed by atoms with Gasteiger partial charge >= 0.3 is 0 Å². The molecule has 14 heavy (non-hydrogen) atoms. The Kier molecular flexibility index (Phi) is 6.85. The second-order valence-electron chi connectivity index (χ2n) is 2.50. The molecule has 0 saturated heterocycles. The zero-order valence-corrected chi connectivity index (χ0v) is 8.40. The largest absolute Gasteiger partial charge is 0.405 e. The fraction of sp³-hybridized carbons (Fsp3) is 0.333. The lowest BCUT2D eigenvalue weighted by Gasteiger charge is -2.11. The van der Waals surface area contributed by atoms with E-state index in [2.05, 4.69) is 10.5 Å². The second kappa shape index (κ2) is 7.85. The third-order valence-corrected chi connectivity index (χ3v) is 1.51. The van der Waals surface area contributed by atoms with E-state index in [0.29, 0.717) is 0 Å². The number of hydrogen-bond donors (Lipinski definition) is 3. The molecule has 0 aromatic heterocycles. The maximum absolute atomic E-state index is 6.91. The predicted octanol–water partition coefficient (Wildman–Crippen LogP) is 0.950. The van der Waals surface area contributed by atoms with E-state index in [4.69, 9.17) is 16.0 Å². The normalized spacial score (nSPS) is 14.6. The molecule has 0 saturated carbocycles. The molecule has 0 heterocycles. The van der Waals surface area contributed by atoms with Crippen molar-refractivity contribution in [2.75, 3.05) is 0 Å². The van der Waals surface area contributed by atoms with Crippen LogP contribution in [0.25, 0.3) is 0 Å². The molecule has 4 N–H and O–H groups in total. The van der Waals surface area contributed by atoms with E-state index in [-0.39, 0.29) is 6.04 Å². The van der Waals surface area contributed by atoms with Crippen molar-refractivity contribution >= 4 is 12.6 Å². The van der Waals surface area contributed by atoms with Crippen LogP contribution in [-0.2, 0) is 4.84 Å². The maximum atomic E-state index is 6.91. The van der Waals surface area contributed by atoms with Gasteiger partial charge in [-0.25, -0.2) is 0 Å². The fourth-order valence-corrected chi connectivity index (χ4v) is 0.742. The molecule has 0 amide bonds. The first kappa shape index (κ1) is 12.2. The minimum atomic E-state index is -0.135. The summed E-state index contributed by atoms with van der Waals surface area (Å²) < 4.78 is 0. The van der Waals surface area contributed by atoms with Crippen LogP contribution in [0, 0.1) is 5.41 Å². The van der Waals surface area contributed by atoms with Gasteiger partial charge in [0, 0.05) is 6.21 Å². The van der Waals surface area contributed by atoms with Gasteiger partial charge in [-0.05, 0) is 31.7 Å². The number of oxime groups is 1. The van der Waals surface area contributed by atoms with Crippen LogP contribution in [0.4, 0.5) is 0 Å². The average molecular weight is 196 g/mol. The van der Waals surface area contributed by atoms with Crippen LogP contribution in [0.1, 0.15) is 13.8 Å². The minimum Gasteiger partial charge on any atom is -0.405 e. The van der Waals surface area contributed by atoms with Crippen molar-refractivity contribution in [3.05, 3.63) is 24.1 Å². The van der Waals surface area contributed by atoms with Gasteiger partial charge in [-0.15, -0.1) is 0 Å². The number of nitrogens with zero attached hydrogens (tertiary/aromatic N) is 1. The third kappa shape index (κ3) is 4.97. The molecule has 0 aromatic rings. The van der Waals surface area contributed by atoms with Gasteiger partial charge in [0.1, 0.15) is 6.26 Å². The summed E-state index contributed by atoms with van der Waals surface area (Å²) in [5, 5.41) is 13.2. The summed E-state index contributed by atoms with van der Waals surface area (Å²) in [5.74, 6) is 0. The van der Waals surface area contributed by atoms with E-state index in [0.717, 1.165) is 11.9 Å². The molecule has 5 heteroatoms. The first-order valence-electron chi connectivity index (χ1n) is 4.20. The number of nitrogens with one attached hydrogen (secondary N) is 2. The molecule has 0 fully saturated rings. The number of hydrogen-bond acceptors (Lipinski definition) is 4. The van der Waals surface area contributed by atoms with Gasteiger partial charge in [0.2, 0.25) is 0 Å². The Morgan fingerprint density at radius 2 is 2.36 bits per heavy atom. The summed E-state index contributed by atoms with van der Waals surface area (Å²) in [6.07, 6.45) is 7.28. The highest BCUT2D eigenvalue weighted by atomic mass is 16.6. The van der Waals surface area contributed by atoms with Crippen molar-refractivity contribution in [1.29, 1.82) is 5.41 Å². The molecule has 5 nitrogen and oxygen atoms in total. The minimum absolute atomic E-state index is 0.135. The summed E-state index contributed by atoms with van der Waals surface area (Å²) in [6.45, 7) is 3.61. The highest BCUT2D eigenvalue weighted by molar-refractivity contribution is 5.52. The van der Waals surface area contributed by atoms with E-state index in [1.807, 2.05) is 6.92 Å². The monoisotopic (exact) mass is 196 g/mol. The van der Waals surface area contributed by atoms with Gasteiger partial charge in [0.05, 0.1) is 12.4 Å². The van der Waals surface area contributed by atoms with Crippen molar-refractivity contribution in [1.82, 2.24) is 5.32 Å². The van der Waals surface area contributed by atoms with Crippen molar-refractivity contribution in [3.8, 4) is 0 Å².